The van der Waals surface area contributed by atoms with Crippen LogP contribution in [-0.2, 0) is 6.61 Å². The molecule has 1 heterocycles. The number of carbonyl (C=O) groups excluding carboxylic acids is 1. The van der Waals surface area contributed by atoms with Gasteiger partial charge >= 0.3 is 0 Å². The van der Waals surface area contributed by atoms with Crippen LogP contribution in [0.15, 0.2) is 53.6 Å². The Labute approximate surface area is 165 Å². The molecule has 1 aromatic heterocycles. The van der Waals surface area contributed by atoms with E-state index in [1.54, 1.807) is 13.1 Å². The first kappa shape index (κ1) is 18.9. The molecule has 8 heteroatoms. The van der Waals surface area contributed by atoms with Gasteiger partial charge in [0.2, 0.25) is 0 Å². The predicted molar refractivity (Wildman–Crippen MR) is 109 cm³/mol. The zero-order valence-electron chi connectivity index (χ0n) is 14.5. The summed E-state index contributed by atoms with van der Waals surface area (Å²) in [5.41, 5.74) is 10.4. The Balaban J connectivity index is 1.54. The van der Waals surface area contributed by atoms with Crippen molar-refractivity contribution in [1.29, 1.82) is 0 Å². The third-order valence-corrected chi connectivity index (χ3v) is 4.99. The van der Waals surface area contributed by atoms with Crippen LogP contribution in [0.5, 0.6) is 5.75 Å². The molecule has 0 saturated heterocycles. The average molecular weight is 401 g/mol. The van der Waals surface area contributed by atoms with Crippen molar-refractivity contribution in [3.8, 4) is 5.75 Å². The van der Waals surface area contributed by atoms with E-state index in [1.807, 2.05) is 48.5 Å². The van der Waals surface area contributed by atoms with E-state index in [1.165, 1.54) is 0 Å². The maximum absolute atomic E-state index is 12.0. The Morgan fingerprint density at radius 1 is 1.30 bits per heavy atom. The first-order valence-electron chi connectivity index (χ1n) is 8.05. The molecule has 0 aliphatic rings. The minimum Gasteiger partial charge on any atom is -0.489 e. The third-order valence-electron chi connectivity index (χ3n) is 3.63. The van der Waals surface area contributed by atoms with Crippen LogP contribution in [0.25, 0.3) is 0 Å². The van der Waals surface area contributed by atoms with Gasteiger partial charge in [-0.05, 0) is 42.8 Å². The number of rotatable bonds is 6. The highest BCUT2D eigenvalue weighted by Gasteiger charge is 2.13. The summed E-state index contributed by atoms with van der Waals surface area (Å²) in [7, 11) is 0. The molecule has 0 saturated carbocycles. The molecule has 0 unspecified atom stereocenters. The van der Waals surface area contributed by atoms with Gasteiger partial charge in [-0.1, -0.05) is 41.1 Å². The normalized spacial score (nSPS) is 10.9. The van der Waals surface area contributed by atoms with Crippen LogP contribution >= 0.6 is 22.9 Å². The number of amides is 1. The first-order chi connectivity index (χ1) is 13.0. The quantitative estimate of drug-likeness (QED) is 0.483. The van der Waals surface area contributed by atoms with Gasteiger partial charge in [0.05, 0.1) is 11.9 Å². The summed E-state index contributed by atoms with van der Waals surface area (Å²) >= 11 is 7.24. The number of nitrogens with two attached hydrogens (primary N) is 1. The Bertz CT molecular complexity index is 970. The van der Waals surface area contributed by atoms with Crippen molar-refractivity contribution in [3.05, 3.63) is 75.3 Å². The molecule has 0 atom stereocenters. The lowest BCUT2D eigenvalue weighted by Crippen LogP contribution is -2.17. The second-order valence-electron chi connectivity index (χ2n) is 5.61. The topological polar surface area (TPSA) is 89.6 Å². The molecule has 138 valence electrons. The number of hydrogen-bond acceptors (Lipinski definition) is 6. The third kappa shape index (κ3) is 5.06. The van der Waals surface area contributed by atoms with E-state index in [0.717, 1.165) is 22.5 Å². The fourth-order valence-corrected chi connectivity index (χ4v) is 3.18. The van der Waals surface area contributed by atoms with E-state index in [0.29, 0.717) is 33.1 Å². The highest BCUT2D eigenvalue weighted by atomic mass is 35.5. The van der Waals surface area contributed by atoms with Gasteiger partial charge in [-0.15, -0.1) is 0 Å². The number of aryl methyl sites for hydroxylation is 1. The summed E-state index contributed by atoms with van der Waals surface area (Å²) in [4.78, 5) is 16.5. The average Bonchev–Trinajstić information content (AvgIpc) is 3.00. The minimum absolute atomic E-state index is 0.336. The fraction of sp³-hybridized carbons (Fsp3) is 0.105. The molecular weight excluding hydrogens is 384 g/mol. The van der Waals surface area contributed by atoms with E-state index >= 15 is 0 Å². The monoisotopic (exact) mass is 400 g/mol. The molecule has 1 amide bonds. The van der Waals surface area contributed by atoms with Crippen molar-refractivity contribution in [2.45, 2.75) is 13.5 Å². The van der Waals surface area contributed by atoms with Crippen molar-refractivity contribution >= 4 is 40.2 Å². The summed E-state index contributed by atoms with van der Waals surface area (Å²) in [6.07, 6.45) is 1.55. The largest absolute Gasteiger partial charge is 0.489 e. The number of hydrazone groups is 1. The van der Waals surface area contributed by atoms with Crippen molar-refractivity contribution < 1.29 is 9.53 Å². The smallest absolute Gasteiger partial charge is 0.283 e. The summed E-state index contributed by atoms with van der Waals surface area (Å²) in [5.74, 6) is 0.379. The molecule has 3 N–H and O–H groups in total. The highest BCUT2D eigenvalue weighted by molar-refractivity contribution is 7.17. The van der Waals surface area contributed by atoms with Crippen molar-refractivity contribution in [2.24, 2.45) is 5.10 Å². The van der Waals surface area contributed by atoms with Gasteiger partial charge in [-0.25, -0.2) is 10.4 Å². The van der Waals surface area contributed by atoms with Crippen LogP contribution in [0.3, 0.4) is 0 Å². The molecule has 0 aliphatic heterocycles. The molecule has 6 nitrogen and oxygen atoms in total. The summed E-state index contributed by atoms with van der Waals surface area (Å²) in [6.45, 7) is 2.12. The maximum Gasteiger partial charge on any atom is 0.283 e. The standard InChI is InChI=1S/C19H17ClN4O2S/c1-12-17(27-19(21)23-12)18(25)24-22-10-13-6-8-15(9-7-13)26-11-14-4-2-3-5-16(14)20/h2-10H,11H2,1H3,(H2,21,23)(H,24,25)/b22-10-. The van der Waals surface area contributed by atoms with Crippen LogP contribution < -0.4 is 15.9 Å². The van der Waals surface area contributed by atoms with Gasteiger partial charge in [0.25, 0.3) is 5.91 Å². The molecule has 0 fully saturated rings. The second-order valence-corrected chi connectivity index (χ2v) is 7.05. The van der Waals surface area contributed by atoms with Crippen molar-refractivity contribution in [1.82, 2.24) is 10.4 Å². The highest BCUT2D eigenvalue weighted by Crippen LogP contribution is 2.20. The molecule has 27 heavy (non-hydrogen) atoms. The van der Waals surface area contributed by atoms with Crippen LogP contribution in [0.1, 0.15) is 26.5 Å². The number of nitrogen functional groups attached to an aromatic ring is 1. The van der Waals surface area contributed by atoms with Gasteiger partial charge in [-0.3, -0.25) is 4.79 Å². The van der Waals surface area contributed by atoms with E-state index in [4.69, 9.17) is 22.1 Å². The Hall–Kier alpha value is -2.90. The molecule has 0 bridgehead atoms. The first-order valence-corrected chi connectivity index (χ1v) is 9.25. The number of carbonyl (C=O) groups is 1. The second kappa shape index (κ2) is 8.66. The lowest BCUT2D eigenvalue weighted by Gasteiger charge is -2.07. The molecule has 0 radical (unpaired) electrons. The molecular formula is C19H17ClN4O2S. The van der Waals surface area contributed by atoms with Crippen LogP contribution in [0, 0.1) is 6.92 Å². The molecule has 0 aliphatic carbocycles. The van der Waals surface area contributed by atoms with E-state index in [2.05, 4.69) is 15.5 Å². The number of aromatic nitrogens is 1. The lowest BCUT2D eigenvalue weighted by molar-refractivity contribution is 0.0958. The van der Waals surface area contributed by atoms with Gasteiger partial charge in [0, 0.05) is 10.6 Å². The fourth-order valence-electron chi connectivity index (χ4n) is 2.27. The van der Waals surface area contributed by atoms with E-state index in [-0.39, 0.29) is 5.91 Å². The Kier molecular flexibility index (Phi) is 6.05. The predicted octanol–water partition coefficient (Wildman–Crippen LogP) is 4.03. The Morgan fingerprint density at radius 2 is 2.04 bits per heavy atom. The number of thiazole rings is 1. The molecule has 3 aromatic rings. The number of nitrogens with zero attached hydrogens (tertiary/aromatic N) is 2. The summed E-state index contributed by atoms with van der Waals surface area (Å²) < 4.78 is 5.73. The van der Waals surface area contributed by atoms with Crippen LogP contribution in [0.4, 0.5) is 5.13 Å². The molecule has 3 rings (SSSR count). The number of anilines is 1. The summed E-state index contributed by atoms with van der Waals surface area (Å²) in [6, 6.07) is 14.9. The lowest BCUT2D eigenvalue weighted by atomic mass is 10.2. The van der Waals surface area contributed by atoms with Gasteiger partial charge in [0.1, 0.15) is 17.2 Å². The number of hydrogen-bond donors (Lipinski definition) is 2. The number of nitrogens with one attached hydrogen (secondary N) is 1. The van der Waals surface area contributed by atoms with E-state index < -0.39 is 0 Å². The maximum atomic E-state index is 12.0. The SMILES string of the molecule is Cc1nc(N)sc1C(=O)N/N=C\c1ccc(OCc2ccccc2Cl)cc1. The molecule has 0 spiro atoms. The number of benzene rings is 2. The van der Waals surface area contributed by atoms with Crippen molar-refractivity contribution in [2.75, 3.05) is 5.73 Å². The summed E-state index contributed by atoms with van der Waals surface area (Å²) in [5, 5.41) is 4.99. The van der Waals surface area contributed by atoms with Crippen LogP contribution in [-0.4, -0.2) is 17.1 Å². The van der Waals surface area contributed by atoms with Crippen molar-refractivity contribution in [3.63, 3.8) is 0 Å². The van der Waals surface area contributed by atoms with Gasteiger partial charge in [0.15, 0.2) is 5.13 Å². The zero-order valence-corrected chi connectivity index (χ0v) is 16.1. The Morgan fingerprint density at radius 3 is 2.70 bits per heavy atom. The zero-order chi connectivity index (χ0) is 19.2. The van der Waals surface area contributed by atoms with Crippen LogP contribution in [0.2, 0.25) is 5.02 Å². The van der Waals surface area contributed by atoms with E-state index in [9.17, 15) is 4.79 Å². The van der Waals surface area contributed by atoms with Gasteiger partial charge < -0.3 is 10.5 Å². The molecule has 2 aromatic carbocycles. The number of halogens is 1. The van der Waals surface area contributed by atoms with Gasteiger partial charge in [-0.2, -0.15) is 5.10 Å². The number of ether oxygens (including phenoxy) is 1. The minimum atomic E-state index is -0.336.